The third-order valence-corrected chi connectivity index (χ3v) is 5.14. The Balaban J connectivity index is 1.66. The second-order valence-corrected chi connectivity index (χ2v) is 7.44. The number of carbonyl (C=O) groups excluding carboxylic acids is 1. The SMILES string of the molecule is O=C(Nc1ccc(C(F)(F)F)c(Cl)c1)C1=CCN(c2ncc([C@@H](O)CO)nc2Cl)CC1. The fourth-order valence-corrected chi connectivity index (χ4v) is 3.49. The number of amides is 1. The molecule has 0 aliphatic carbocycles. The molecule has 1 aliphatic heterocycles. The smallest absolute Gasteiger partial charge is 0.393 e. The van der Waals surface area contributed by atoms with E-state index in [1.165, 1.54) is 6.20 Å². The summed E-state index contributed by atoms with van der Waals surface area (Å²) in [7, 11) is 0. The Kier molecular flexibility index (Phi) is 7.05. The molecule has 2 aromatic rings. The van der Waals surface area contributed by atoms with Gasteiger partial charge >= 0.3 is 6.18 Å². The first-order valence-electron chi connectivity index (χ1n) is 9.03. The second kappa shape index (κ2) is 9.39. The van der Waals surface area contributed by atoms with Crippen LogP contribution in [0.3, 0.4) is 0 Å². The molecule has 1 aromatic heterocycles. The number of anilines is 2. The third kappa shape index (κ3) is 5.45. The van der Waals surface area contributed by atoms with Gasteiger partial charge in [0.15, 0.2) is 11.0 Å². The van der Waals surface area contributed by atoms with Gasteiger partial charge in [0.2, 0.25) is 0 Å². The van der Waals surface area contributed by atoms with Crippen LogP contribution in [0.4, 0.5) is 24.7 Å². The number of nitrogens with zero attached hydrogens (tertiary/aromatic N) is 3. The summed E-state index contributed by atoms with van der Waals surface area (Å²) in [5.41, 5.74) is -0.240. The molecule has 1 aliphatic rings. The zero-order chi connectivity index (χ0) is 22.8. The van der Waals surface area contributed by atoms with Crippen LogP contribution in [0, 0.1) is 0 Å². The standard InChI is InChI=1S/C19H17Cl2F3N4O3/c20-13-7-11(1-2-12(13)19(22,23)24)26-18(31)10-3-5-28(6-4-10)17-16(21)27-14(8-25-17)15(30)9-29/h1-3,7-8,15,29-30H,4-6,9H2,(H,26,31)/t15-/m0/s1. The van der Waals surface area contributed by atoms with Crippen LogP contribution in [0.1, 0.15) is 23.8 Å². The van der Waals surface area contributed by atoms with Crippen LogP contribution in [0.15, 0.2) is 36.0 Å². The number of halogens is 5. The molecule has 0 fully saturated rings. The average Bonchev–Trinajstić information content (AvgIpc) is 2.72. The molecule has 0 bridgehead atoms. The highest BCUT2D eigenvalue weighted by molar-refractivity contribution is 6.32. The summed E-state index contributed by atoms with van der Waals surface area (Å²) >= 11 is 11.8. The second-order valence-electron chi connectivity index (χ2n) is 6.68. The highest BCUT2D eigenvalue weighted by atomic mass is 35.5. The topological polar surface area (TPSA) is 98.6 Å². The molecule has 166 valence electrons. The van der Waals surface area contributed by atoms with Crippen LogP contribution >= 0.6 is 23.2 Å². The van der Waals surface area contributed by atoms with Gasteiger partial charge < -0.3 is 20.4 Å². The first kappa shape index (κ1) is 23.3. The van der Waals surface area contributed by atoms with Crippen molar-refractivity contribution in [2.75, 3.05) is 29.9 Å². The van der Waals surface area contributed by atoms with Crippen LogP contribution in [-0.4, -0.2) is 45.8 Å². The first-order valence-corrected chi connectivity index (χ1v) is 9.79. The number of carbonyl (C=O) groups is 1. The van der Waals surface area contributed by atoms with E-state index in [-0.39, 0.29) is 16.5 Å². The monoisotopic (exact) mass is 476 g/mol. The van der Waals surface area contributed by atoms with E-state index in [1.54, 1.807) is 11.0 Å². The van der Waals surface area contributed by atoms with Gasteiger partial charge in [-0.3, -0.25) is 4.79 Å². The van der Waals surface area contributed by atoms with E-state index >= 15 is 0 Å². The van der Waals surface area contributed by atoms with Crippen molar-refractivity contribution in [3.63, 3.8) is 0 Å². The summed E-state index contributed by atoms with van der Waals surface area (Å²) in [5, 5.41) is 20.7. The highest BCUT2D eigenvalue weighted by Gasteiger charge is 2.33. The number of hydrogen-bond acceptors (Lipinski definition) is 6. The van der Waals surface area contributed by atoms with Gasteiger partial charge in [-0.25, -0.2) is 9.97 Å². The Labute approximate surface area is 185 Å². The van der Waals surface area contributed by atoms with E-state index in [0.717, 1.165) is 18.2 Å². The van der Waals surface area contributed by atoms with E-state index in [9.17, 15) is 23.1 Å². The molecule has 2 heterocycles. The number of aromatic nitrogens is 2. The molecular weight excluding hydrogens is 460 g/mol. The summed E-state index contributed by atoms with van der Waals surface area (Å²) in [4.78, 5) is 22.4. The van der Waals surface area contributed by atoms with E-state index in [1.807, 2.05) is 0 Å². The van der Waals surface area contributed by atoms with Crippen molar-refractivity contribution in [2.45, 2.75) is 18.7 Å². The van der Waals surface area contributed by atoms with Gasteiger partial charge in [0, 0.05) is 24.4 Å². The van der Waals surface area contributed by atoms with Crippen molar-refractivity contribution in [3.05, 3.63) is 57.5 Å². The lowest BCUT2D eigenvalue weighted by molar-refractivity contribution is -0.137. The molecule has 1 aromatic carbocycles. The highest BCUT2D eigenvalue weighted by Crippen LogP contribution is 2.36. The fourth-order valence-electron chi connectivity index (χ4n) is 2.94. The molecule has 0 unspecified atom stereocenters. The molecule has 0 spiro atoms. The van der Waals surface area contributed by atoms with Gasteiger partial charge in [0.05, 0.1) is 29.1 Å². The molecule has 3 rings (SSSR count). The first-order chi connectivity index (χ1) is 14.6. The Morgan fingerprint density at radius 1 is 1.32 bits per heavy atom. The minimum absolute atomic E-state index is 0.0469. The summed E-state index contributed by atoms with van der Waals surface area (Å²) < 4.78 is 38.4. The maximum Gasteiger partial charge on any atom is 0.417 e. The lowest BCUT2D eigenvalue weighted by Gasteiger charge is -2.27. The van der Waals surface area contributed by atoms with Gasteiger partial charge in [0.1, 0.15) is 6.10 Å². The van der Waals surface area contributed by atoms with Crippen molar-refractivity contribution < 1.29 is 28.2 Å². The van der Waals surface area contributed by atoms with Crippen LogP contribution in [0.2, 0.25) is 10.2 Å². The van der Waals surface area contributed by atoms with Crippen LogP contribution in [0.25, 0.3) is 0 Å². The number of hydrogen-bond donors (Lipinski definition) is 3. The molecular formula is C19H17Cl2F3N4O3. The lowest BCUT2D eigenvalue weighted by atomic mass is 10.1. The van der Waals surface area contributed by atoms with Crippen LogP contribution < -0.4 is 10.2 Å². The van der Waals surface area contributed by atoms with E-state index in [0.29, 0.717) is 30.9 Å². The van der Waals surface area contributed by atoms with Crippen molar-refractivity contribution in [2.24, 2.45) is 0 Å². The van der Waals surface area contributed by atoms with Gasteiger partial charge in [0.25, 0.3) is 5.91 Å². The molecule has 0 saturated heterocycles. The Morgan fingerprint density at radius 2 is 2.06 bits per heavy atom. The number of benzene rings is 1. The molecule has 1 atom stereocenters. The summed E-state index contributed by atoms with van der Waals surface area (Å²) in [6.07, 6.45) is -2.47. The molecule has 7 nitrogen and oxygen atoms in total. The largest absolute Gasteiger partial charge is 0.417 e. The van der Waals surface area contributed by atoms with Gasteiger partial charge in [-0.05, 0) is 24.6 Å². The molecule has 3 N–H and O–H groups in total. The van der Waals surface area contributed by atoms with E-state index in [4.69, 9.17) is 28.3 Å². The van der Waals surface area contributed by atoms with Crippen LogP contribution in [0.5, 0.6) is 0 Å². The molecule has 31 heavy (non-hydrogen) atoms. The minimum Gasteiger partial charge on any atom is -0.393 e. The predicted molar refractivity (Wildman–Crippen MR) is 109 cm³/mol. The predicted octanol–water partition coefficient (Wildman–Crippen LogP) is 3.60. The van der Waals surface area contributed by atoms with Crippen molar-refractivity contribution in [3.8, 4) is 0 Å². The zero-order valence-electron chi connectivity index (χ0n) is 15.8. The number of aliphatic hydroxyl groups is 2. The van der Waals surface area contributed by atoms with Gasteiger partial charge in [-0.15, -0.1) is 0 Å². The molecule has 0 radical (unpaired) electrons. The summed E-state index contributed by atoms with van der Waals surface area (Å²) in [6.45, 7) is 0.176. The summed E-state index contributed by atoms with van der Waals surface area (Å²) in [6, 6.07) is 3.00. The van der Waals surface area contributed by atoms with Gasteiger partial charge in [-0.2, -0.15) is 13.2 Å². The van der Waals surface area contributed by atoms with Gasteiger partial charge in [-0.1, -0.05) is 29.3 Å². The Hall–Kier alpha value is -2.40. The number of nitrogens with one attached hydrogen (secondary N) is 1. The normalized spacial score (nSPS) is 15.5. The molecule has 0 saturated carbocycles. The average molecular weight is 477 g/mol. The van der Waals surface area contributed by atoms with E-state index in [2.05, 4.69) is 15.3 Å². The summed E-state index contributed by atoms with van der Waals surface area (Å²) in [5.74, 6) is -0.0881. The Morgan fingerprint density at radius 3 is 2.61 bits per heavy atom. The van der Waals surface area contributed by atoms with Crippen molar-refractivity contribution in [1.82, 2.24) is 9.97 Å². The number of aliphatic hydroxyl groups excluding tert-OH is 2. The lowest BCUT2D eigenvalue weighted by Crippen LogP contribution is -2.32. The Bertz CT molecular complexity index is 1020. The number of rotatable bonds is 5. The maximum atomic E-state index is 12.8. The maximum absolute atomic E-state index is 12.8. The third-order valence-electron chi connectivity index (χ3n) is 4.58. The number of alkyl halides is 3. The van der Waals surface area contributed by atoms with Crippen molar-refractivity contribution in [1.29, 1.82) is 0 Å². The van der Waals surface area contributed by atoms with Crippen molar-refractivity contribution >= 4 is 40.6 Å². The van der Waals surface area contributed by atoms with Crippen LogP contribution in [-0.2, 0) is 11.0 Å². The molecule has 1 amide bonds. The zero-order valence-corrected chi connectivity index (χ0v) is 17.3. The quantitative estimate of drug-likeness (QED) is 0.609. The molecule has 12 heteroatoms. The minimum atomic E-state index is -4.58. The fraction of sp³-hybridized carbons (Fsp3) is 0.316. The van der Waals surface area contributed by atoms with E-state index < -0.39 is 35.4 Å².